The Kier molecular flexibility index (Phi) is 4.55. The standard InChI is InChI=1S/C17H30N2O2/c1-2-21-16(20)17(18,14-9-10-14)12-19-11-5-7-13-6-3-4-8-15(13)19/h13-15H,2-12,18H2,1H3. The van der Waals surface area contributed by atoms with Crippen LogP contribution in [0.3, 0.4) is 0 Å². The van der Waals surface area contributed by atoms with Gasteiger partial charge in [-0.15, -0.1) is 0 Å². The average Bonchev–Trinajstić information content (AvgIpc) is 3.33. The van der Waals surface area contributed by atoms with Gasteiger partial charge in [0.05, 0.1) is 6.61 Å². The van der Waals surface area contributed by atoms with Gasteiger partial charge < -0.3 is 10.5 Å². The molecular formula is C17H30N2O2. The average molecular weight is 294 g/mol. The van der Waals surface area contributed by atoms with Crippen molar-refractivity contribution < 1.29 is 9.53 Å². The van der Waals surface area contributed by atoms with Gasteiger partial charge in [0, 0.05) is 12.6 Å². The molecule has 3 aliphatic rings. The molecule has 4 heteroatoms. The summed E-state index contributed by atoms with van der Waals surface area (Å²) < 4.78 is 5.30. The van der Waals surface area contributed by atoms with Crippen molar-refractivity contribution in [3.05, 3.63) is 0 Å². The maximum atomic E-state index is 12.4. The van der Waals surface area contributed by atoms with Crippen LogP contribution in [0.1, 0.15) is 58.3 Å². The van der Waals surface area contributed by atoms with E-state index < -0.39 is 5.54 Å². The van der Waals surface area contributed by atoms with E-state index in [-0.39, 0.29) is 5.97 Å². The fourth-order valence-corrected chi connectivity index (χ4v) is 4.48. The number of nitrogens with zero attached hydrogens (tertiary/aromatic N) is 1. The summed E-state index contributed by atoms with van der Waals surface area (Å²) in [5, 5.41) is 0. The molecule has 0 spiro atoms. The second-order valence-corrected chi connectivity index (χ2v) is 7.26. The molecule has 0 amide bonds. The highest BCUT2D eigenvalue weighted by Gasteiger charge is 2.51. The molecule has 3 unspecified atom stereocenters. The second-order valence-electron chi connectivity index (χ2n) is 7.26. The van der Waals surface area contributed by atoms with Gasteiger partial charge in [0.2, 0.25) is 0 Å². The molecule has 3 fully saturated rings. The van der Waals surface area contributed by atoms with Crippen molar-refractivity contribution in [3.63, 3.8) is 0 Å². The predicted molar refractivity (Wildman–Crippen MR) is 82.8 cm³/mol. The molecule has 2 N–H and O–H groups in total. The molecule has 0 aromatic carbocycles. The van der Waals surface area contributed by atoms with Crippen LogP contribution in [0.15, 0.2) is 0 Å². The number of hydrogen-bond donors (Lipinski definition) is 1. The molecule has 0 aromatic heterocycles. The number of piperidine rings is 1. The molecule has 2 saturated carbocycles. The molecule has 0 aromatic rings. The fraction of sp³-hybridized carbons (Fsp3) is 0.941. The van der Waals surface area contributed by atoms with Gasteiger partial charge in [-0.2, -0.15) is 0 Å². The first-order valence-corrected chi connectivity index (χ1v) is 8.85. The van der Waals surface area contributed by atoms with E-state index in [1.807, 2.05) is 6.92 Å². The Morgan fingerprint density at radius 3 is 2.62 bits per heavy atom. The normalized spacial score (nSPS) is 33.0. The van der Waals surface area contributed by atoms with Crippen molar-refractivity contribution in [1.82, 2.24) is 4.90 Å². The summed E-state index contributed by atoms with van der Waals surface area (Å²) in [6, 6.07) is 0.656. The van der Waals surface area contributed by atoms with Crippen molar-refractivity contribution >= 4 is 5.97 Å². The summed E-state index contributed by atoms with van der Waals surface area (Å²) in [7, 11) is 0. The summed E-state index contributed by atoms with van der Waals surface area (Å²) in [5.41, 5.74) is 5.80. The Balaban J connectivity index is 1.71. The molecule has 3 atom stereocenters. The van der Waals surface area contributed by atoms with E-state index in [4.69, 9.17) is 10.5 Å². The lowest BCUT2D eigenvalue weighted by Gasteiger charge is -2.46. The number of carbonyl (C=O) groups excluding carboxylic acids is 1. The predicted octanol–water partition coefficient (Wildman–Crippen LogP) is 2.31. The van der Waals surface area contributed by atoms with Gasteiger partial charge in [-0.1, -0.05) is 12.8 Å². The van der Waals surface area contributed by atoms with Crippen LogP contribution in [-0.2, 0) is 9.53 Å². The Hall–Kier alpha value is -0.610. The smallest absolute Gasteiger partial charge is 0.327 e. The Morgan fingerprint density at radius 1 is 1.19 bits per heavy atom. The highest BCUT2D eigenvalue weighted by atomic mass is 16.5. The van der Waals surface area contributed by atoms with E-state index in [1.54, 1.807) is 0 Å². The van der Waals surface area contributed by atoms with Crippen molar-refractivity contribution in [1.29, 1.82) is 0 Å². The van der Waals surface area contributed by atoms with Gasteiger partial charge >= 0.3 is 5.97 Å². The quantitative estimate of drug-likeness (QED) is 0.791. The molecular weight excluding hydrogens is 264 g/mol. The minimum atomic E-state index is -0.769. The van der Waals surface area contributed by atoms with E-state index in [0.29, 0.717) is 25.1 Å². The number of rotatable bonds is 5. The molecule has 4 nitrogen and oxygen atoms in total. The topological polar surface area (TPSA) is 55.6 Å². The van der Waals surface area contributed by atoms with Crippen LogP contribution in [0, 0.1) is 11.8 Å². The Morgan fingerprint density at radius 2 is 1.90 bits per heavy atom. The zero-order valence-corrected chi connectivity index (χ0v) is 13.4. The first-order chi connectivity index (χ1) is 10.1. The molecule has 2 aliphatic carbocycles. The first-order valence-electron chi connectivity index (χ1n) is 8.85. The summed E-state index contributed by atoms with van der Waals surface area (Å²) in [4.78, 5) is 14.9. The summed E-state index contributed by atoms with van der Waals surface area (Å²) in [6.07, 6.45) is 10.1. The number of ether oxygens (including phenoxy) is 1. The number of esters is 1. The maximum absolute atomic E-state index is 12.4. The van der Waals surface area contributed by atoms with Crippen LogP contribution in [0.4, 0.5) is 0 Å². The van der Waals surface area contributed by atoms with Crippen molar-refractivity contribution in [2.45, 2.75) is 69.9 Å². The van der Waals surface area contributed by atoms with Crippen LogP contribution in [0.25, 0.3) is 0 Å². The third-order valence-electron chi connectivity index (χ3n) is 5.78. The summed E-state index contributed by atoms with van der Waals surface area (Å²) >= 11 is 0. The lowest BCUT2D eigenvalue weighted by atomic mass is 9.77. The van der Waals surface area contributed by atoms with E-state index in [0.717, 1.165) is 25.3 Å². The third kappa shape index (κ3) is 3.11. The number of fused-ring (bicyclic) bond motifs is 1. The lowest BCUT2D eigenvalue weighted by molar-refractivity contribution is -0.152. The molecule has 1 saturated heterocycles. The van der Waals surface area contributed by atoms with E-state index in [9.17, 15) is 4.79 Å². The Labute approximate surface area is 128 Å². The van der Waals surface area contributed by atoms with Gasteiger partial charge in [0.1, 0.15) is 5.54 Å². The van der Waals surface area contributed by atoms with Crippen LogP contribution >= 0.6 is 0 Å². The highest BCUT2D eigenvalue weighted by Crippen LogP contribution is 2.42. The second kappa shape index (κ2) is 6.25. The summed E-state index contributed by atoms with van der Waals surface area (Å²) in [6.45, 7) is 4.10. The summed E-state index contributed by atoms with van der Waals surface area (Å²) in [5.74, 6) is 0.990. The zero-order chi connectivity index (χ0) is 14.9. The largest absolute Gasteiger partial charge is 0.465 e. The van der Waals surface area contributed by atoms with Crippen molar-refractivity contribution in [2.24, 2.45) is 17.6 Å². The van der Waals surface area contributed by atoms with E-state index in [1.165, 1.54) is 38.5 Å². The van der Waals surface area contributed by atoms with E-state index >= 15 is 0 Å². The molecule has 0 bridgehead atoms. The first kappa shape index (κ1) is 15.3. The molecule has 0 radical (unpaired) electrons. The third-order valence-corrected chi connectivity index (χ3v) is 5.78. The van der Waals surface area contributed by atoms with Crippen molar-refractivity contribution in [2.75, 3.05) is 19.7 Å². The maximum Gasteiger partial charge on any atom is 0.327 e. The van der Waals surface area contributed by atoms with E-state index in [2.05, 4.69) is 4.90 Å². The van der Waals surface area contributed by atoms with Gasteiger partial charge in [-0.25, -0.2) is 4.79 Å². The number of carbonyl (C=O) groups is 1. The highest BCUT2D eigenvalue weighted by molar-refractivity contribution is 5.82. The van der Waals surface area contributed by atoms with Crippen molar-refractivity contribution in [3.8, 4) is 0 Å². The molecule has 120 valence electrons. The fourth-order valence-electron chi connectivity index (χ4n) is 4.48. The molecule has 1 heterocycles. The minimum Gasteiger partial charge on any atom is -0.465 e. The molecule has 1 aliphatic heterocycles. The van der Waals surface area contributed by atoms with Gasteiger partial charge in [0.15, 0.2) is 0 Å². The van der Waals surface area contributed by atoms with Crippen LogP contribution in [0.5, 0.6) is 0 Å². The SMILES string of the molecule is CCOC(=O)C(N)(CN1CCCC2CCCCC21)C1CC1. The number of hydrogen-bond acceptors (Lipinski definition) is 4. The molecule has 3 rings (SSSR count). The van der Waals surface area contributed by atoms with Gasteiger partial charge in [-0.3, -0.25) is 4.90 Å². The minimum absolute atomic E-state index is 0.176. The van der Waals surface area contributed by atoms with Crippen LogP contribution in [0.2, 0.25) is 0 Å². The lowest BCUT2D eigenvalue weighted by Crippen LogP contribution is -2.62. The number of likely N-dealkylation sites (tertiary alicyclic amines) is 1. The number of nitrogens with two attached hydrogens (primary N) is 1. The zero-order valence-electron chi connectivity index (χ0n) is 13.4. The van der Waals surface area contributed by atoms with Crippen LogP contribution in [-0.4, -0.2) is 42.1 Å². The monoisotopic (exact) mass is 294 g/mol. The van der Waals surface area contributed by atoms with Gasteiger partial charge in [0.25, 0.3) is 0 Å². The van der Waals surface area contributed by atoms with Gasteiger partial charge in [-0.05, 0) is 63.8 Å². The Bertz CT molecular complexity index is 381. The molecule has 21 heavy (non-hydrogen) atoms. The van der Waals surface area contributed by atoms with Crippen LogP contribution < -0.4 is 5.73 Å².